The summed E-state index contributed by atoms with van der Waals surface area (Å²) in [6.45, 7) is 2.10. The van der Waals surface area contributed by atoms with E-state index in [0.717, 1.165) is 0 Å². The third-order valence-corrected chi connectivity index (χ3v) is 7.10. The predicted octanol–water partition coefficient (Wildman–Crippen LogP) is 4.60. The summed E-state index contributed by atoms with van der Waals surface area (Å²) in [5.41, 5.74) is 1.65. The van der Waals surface area contributed by atoms with Crippen molar-refractivity contribution in [3.63, 3.8) is 0 Å². The maximum atomic E-state index is 13.4. The van der Waals surface area contributed by atoms with E-state index in [1.54, 1.807) is 49.4 Å². The third kappa shape index (κ3) is 6.31. The number of rotatable bonds is 10. The lowest BCUT2D eigenvalue weighted by Crippen LogP contribution is -2.35. The van der Waals surface area contributed by atoms with Gasteiger partial charge in [0.1, 0.15) is 5.75 Å². The molecule has 1 atom stereocenters. The summed E-state index contributed by atoms with van der Waals surface area (Å²) in [5.74, 6) is 0.200. The van der Waals surface area contributed by atoms with Crippen LogP contribution in [0, 0.1) is 0 Å². The van der Waals surface area contributed by atoms with Gasteiger partial charge < -0.3 is 20.1 Å². The van der Waals surface area contributed by atoms with Crippen molar-refractivity contribution in [3.8, 4) is 5.75 Å². The fraction of sp³-hybridized carbons (Fsp3) is 0.192. The van der Waals surface area contributed by atoms with E-state index >= 15 is 0 Å². The smallest absolute Gasteiger partial charge is 0.263 e. The van der Waals surface area contributed by atoms with Crippen molar-refractivity contribution in [2.24, 2.45) is 0 Å². The largest absolute Gasteiger partial charge is 0.497 e. The zero-order valence-corrected chi connectivity index (χ0v) is 22.4. The highest BCUT2D eigenvalue weighted by molar-refractivity contribution is 7.92. The number of anilines is 3. The number of sulfonamides is 1. The van der Waals surface area contributed by atoms with Crippen LogP contribution in [0.15, 0.2) is 71.6 Å². The monoisotopic (exact) mass is 555 g/mol. The van der Waals surface area contributed by atoms with Crippen LogP contribution in [-0.4, -0.2) is 51.2 Å². The van der Waals surface area contributed by atoms with Gasteiger partial charge in [0.25, 0.3) is 15.9 Å². The first-order chi connectivity index (χ1) is 18.2. The summed E-state index contributed by atoms with van der Waals surface area (Å²) in [6.07, 6.45) is 0. The first-order valence-corrected chi connectivity index (χ1v) is 13.4. The minimum absolute atomic E-state index is 0.0499. The number of methoxy groups -OCH3 is 2. The van der Waals surface area contributed by atoms with Crippen LogP contribution in [0.1, 0.15) is 17.3 Å². The Labute approximate surface area is 225 Å². The number of aromatic nitrogens is 2. The lowest BCUT2D eigenvalue weighted by molar-refractivity contribution is 0.0905. The van der Waals surface area contributed by atoms with E-state index in [-0.39, 0.29) is 28.1 Å². The molecule has 0 radical (unpaired) electrons. The number of nitrogens with one attached hydrogen (secondary N) is 3. The molecule has 0 aliphatic heterocycles. The minimum Gasteiger partial charge on any atom is -0.497 e. The molecule has 3 aromatic carbocycles. The molecule has 1 amide bonds. The van der Waals surface area contributed by atoms with E-state index in [4.69, 9.17) is 21.1 Å². The molecule has 0 spiro atoms. The first kappa shape index (κ1) is 27.1. The van der Waals surface area contributed by atoms with Crippen LogP contribution in [0.3, 0.4) is 0 Å². The van der Waals surface area contributed by atoms with Crippen molar-refractivity contribution in [1.82, 2.24) is 15.3 Å². The fourth-order valence-corrected chi connectivity index (χ4v) is 4.82. The van der Waals surface area contributed by atoms with E-state index < -0.39 is 15.9 Å². The van der Waals surface area contributed by atoms with Crippen LogP contribution in [0.25, 0.3) is 11.0 Å². The normalized spacial score (nSPS) is 12.1. The number of fused-ring (bicyclic) bond motifs is 1. The summed E-state index contributed by atoms with van der Waals surface area (Å²) in [7, 11) is -1.12. The molecule has 0 bridgehead atoms. The Morgan fingerprint density at radius 2 is 1.68 bits per heavy atom. The molecule has 4 rings (SSSR count). The summed E-state index contributed by atoms with van der Waals surface area (Å²) in [4.78, 5) is 21.6. The molecule has 3 N–H and O–H groups in total. The van der Waals surface area contributed by atoms with Crippen molar-refractivity contribution < 1.29 is 22.7 Å². The lowest BCUT2D eigenvalue weighted by atomic mass is 10.2. The molecule has 10 nitrogen and oxygen atoms in total. The quantitative estimate of drug-likeness (QED) is 0.259. The lowest BCUT2D eigenvalue weighted by Gasteiger charge is -2.16. The van der Waals surface area contributed by atoms with Crippen LogP contribution in [0.4, 0.5) is 17.3 Å². The molecule has 1 heterocycles. The summed E-state index contributed by atoms with van der Waals surface area (Å²) in [5, 5.41) is 6.19. The van der Waals surface area contributed by atoms with Gasteiger partial charge in [-0.15, -0.1) is 0 Å². The maximum Gasteiger partial charge on any atom is 0.263 e. The van der Waals surface area contributed by atoms with Gasteiger partial charge in [-0.25, -0.2) is 18.4 Å². The molecule has 0 saturated carbocycles. The number of amides is 1. The van der Waals surface area contributed by atoms with Crippen LogP contribution >= 0.6 is 11.6 Å². The zero-order valence-electron chi connectivity index (χ0n) is 20.9. The van der Waals surface area contributed by atoms with Crippen molar-refractivity contribution in [1.29, 1.82) is 0 Å². The highest BCUT2D eigenvalue weighted by Gasteiger charge is 2.21. The van der Waals surface area contributed by atoms with E-state index in [1.807, 2.05) is 0 Å². The second-order valence-electron chi connectivity index (χ2n) is 8.34. The van der Waals surface area contributed by atoms with Crippen LogP contribution in [0.2, 0.25) is 5.02 Å². The van der Waals surface area contributed by atoms with Gasteiger partial charge in [0.2, 0.25) is 0 Å². The predicted molar refractivity (Wildman–Crippen MR) is 147 cm³/mol. The van der Waals surface area contributed by atoms with Crippen LogP contribution < -0.4 is 20.1 Å². The Kier molecular flexibility index (Phi) is 8.30. The molecule has 0 fully saturated rings. The molecule has 12 heteroatoms. The van der Waals surface area contributed by atoms with Gasteiger partial charge in [-0.1, -0.05) is 29.8 Å². The summed E-state index contributed by atoms with van der Waals surface area (Å²) in [6, 6.07) is 17.5. The molecular weight excluding hydrogens is 530 g/mol. The molecule has 0 saturated heterocycles. The van der Waals surface area contributed by atoms with Gasteiger partial charge in [-0.05, 0) is 49.4 Å². The molecule has 1 aromatic heterocycles. The Morgan fingerprint density at radius 1 is 0.974 bits per heavy atom. The SMILES string of the molecule is COCC(C)NC(=O)c1cccc(S(=O)(=O)Nc2nc3ccccc3nc2Nc2cc(OC)ccc2Cl)c1. The molecule has 4 aromatic rings. The molecular formula is C26H26ClN5O5S. The Balaban J connectivity index is 1.69. The number of ether oxygens (including phenoxy) is 2. The number of nitrogens with zero attached hydrogens (tertiary/aromatic N) is 2. The number of hydrogen-bond acceptors (Lipinski definition) is 8. The molecule has 198 valence electrons. The fourth-order valence-electron chi connectivity index (χ4n) is 3.60. The van der Waals surface area contributed by atoms with Crippen molar-refractivity contribution in [3.05, 3.63) is 77.3 Å². The van der Waals surface area contributed by atoms with Crippen molar-refractivity contribution >= 4 is 55.9 Å². The standard InChI is InChI=1S/C26H26ClN5O5S/c1-16(15-36-2)28-26(33)17-7-6-8-19(13-17)38(34,35)32-25-24(29-21-9-4-5-10-22(21)30-25)31-23-14-18(37-3)11-12-20(23)27/h4-14,16H,15H2,1-3H3,(H,28,33)(H,29,31)(H,30,32). The van der Waals surface area contributed by atoms with E-state index in [0.29, 0.717) is 34.1 Å². The number of carbonyl (C=O) groups is 1. The van der Waals surface area contributed by atoms with E-state index in [1.165, 1.54) is 38.5 Å². The van der Waals surface area contributed by atoms with Crippen LogP contribution in [-0.2, 0) is 14.8 Å². The van der Waals surface area contributed by atoms with Crippen molar-refractivity contribution in [2.45, 2.75) is 17.9 Å². The third-order valence-electron chi connectivity index (χ3n) is 5.43. The van der Waals surface area contributed by atoms with Gasteiger partial charge in [0, 0.05) is 24.8 Å². The van der Waals surface area contributed by atoms with Gasteiger partial charge in [-0.3, -0.25) is 9.52 Å². The summed E-state index contributed by atoms with van der Waals surface area (Å²) >= 11 is 6.35. The maximum absolute atomic E-state index is 13.4. The number of carbonyl (C=O) groups excluding carboxylic acids is 1. The Morgan fingerprint density at radius 3 is 2.37 bits per heavy atom. The molecule has 0 aliphatic rings. The van der Waals surface area contributed by atoms with Crippen LogP contribution in [0.5, 0.6) is 5.75 Å². The van der Waals surface area contributed by atoms with E-state index in [9.17, 15) is 13.2 Å². The average molecular weight is 556 g/mol. The average Bonchev–Trinajstić information content (AvgIpc) is 2.90. The minimum atomic E-state index is -4.17. The Hall–Kier alpha value is -3.93. The summed E-state index contributed by atoms with van der Waals surface area (Å²) < 4.78 is 39.6. The first-order valence-electron chi connectivity index (χ1n) is 11.5. The molecule has 38 heavy (non-hydrogen) atoms. The topological polar surface area (TPSA) is 132 Å². The van der Waals surface area contributed by atoms with E-state index in [2.05, 4.69) is 25.3 Å². The zero-order chi connectivity index (χ0) is 27.3. The number of hydrogen-bond donors (Lipinski definition) is 3. The van der Waals surface area contributed by atoms with Gasteiger partial charge in [-0.2, -0.15) is 0 Å². The second-order valence-corrected chi connectivity index (χ2v) is 10.4. The number of halogens is 1. The van der Waals surface area contributed by atoms with Gasteiger partial charge in [0.05, 0.1) is 40.4 Å². The second kappa shape index (κ2) is 11.6. The Bertz CT molecular complexity index is 1580. The highest BCUT2D eigenvalue weighted by Crippen LogP contribution is 2.32. The highest BCUT2D eigenvalue weighted by atomic mass is 35.5. The number of para-hydroxylation sites is 2. The van der Waals surface area contributed by atoms with Gasteiger partial charge in [0.15, 0.2) is 11.6 Å². The molecule has 1 unspecified atom stereocenters. The number of benzene rings is 3. The van der Waals surface area contributed by atoms with Crippen molar-refractivity contribution in [2.75, 3.05) is 30.9 Å². The van der Waals surface area contributed by atoms with Gasteiger partial charge >= 0.3 is 0 Å². The molecule has 0 aliphatic carbocycles.